The monoisotopic (exact) mass is 438 g/mol. The Morgan fingerprint density at radius 3 is 2.61 bits per heavy atom. The van der Waals surface area contributed by atoms with Gasteiger partial charge in [0.25, 0.3) is 0 Å². The van der Waals surface area contributed by atoms with Crippen molar-refractivity contribution in [2.75, 3.05) is 0 Å². The SMILES string of the molecule is [C-]#[N+]C1=C[C@@]2(C)c3nc(-c4ccnc(C)c4)nc(-c4ccc(F)cc4)c3CC[C@@H]2[C@@H](C)C1=O. The summed E-state index contributed by atoms with van der Waals surface area (Å²) >= 11 is 0. The fourth-order valence-corrected chi connectivity index (χ4v) is 5.41. The lowest BCUT2D eigenvalue weighted by molar-refractivity contribution is -0.121. The highest BCUT2D eigenvalue weighted by molar-refractivity contribution is 6.00. The van der Waals surface area contributed by atoms with Gasteiger partial charge in [-0.05, 0) is 62.1 Å². The van der Waals surface area contributed by atoms with Crippen molar-refractivity contribution in [1.29, 1.82) is 0 Å². The molecule has 5 rings (SSSR count). The Morgan fingerprint density at radius 2 is 1.91 bits per heavy atom. The van der Waals surface area contributed by atoms with Crippen LogP contribution in [0.2, 0.25) is 0 Å². The molecule has 6 heteroatoms. The molecule has 0 bridgehead atoms. The minimum Gasteiger partial charge on any atom is -0.308 e. The maximum atomic E-state index is 13.7. The largest absolute Gasteiger partial charge is 0.308 e. The van der Waals surface area contributed by atoms with Gasteiger partial charge in [-0.2, -0.15) is 0 Å². The van der Waals surface area contributed by atoms with E-state index in [1.165, 1.54) is 12.1 Å². The van der Waals surface area contributed by atoms with Crippen LogP contribution in [0.4, 0.5) is 4.39 Å². The average Bonchev–Trinajstić information content (AvgIpc) is 2.81. The minimum absolute atomic E-state index is 0.0472. The molecule has 3 aromatic rings. The van der Waals surface area contributed by atoms with Gasteiger partial charge in [0.2, 0.25) is 5.70 Å². The van der Waals surface area contributed by atoms with E-state index in [1.54, 1.807) is 18.3 Å². The van der Waals surface area contributed by atoms with Crippen LogP contribution in [0.1, 0.15) is 37.2 Å². The second-order valence-corrected chi connectivity index (χ2v) is 9.14. The fourth-order valence-electron chi connectivity index (χ4n) is 5.41. The van der Waals surface area contributed by atoms with Gasteiger partial charge in [-0.1, -0.05) is 19.9 Å². The average molecular weight is 439 g/mol. The molecule has 0 radical (unpaired) electrons. The van der Waals surface area contributed by atoms with Gasteiger partial charge in [0, 0.05) is 39.9 Å². The Hall–Kier alpha value is -3.72. The summed E-state index contributed by atoms with van der Waals surface area (Å²) in [5.74, 6) is -0.0430. The van der Waals surface area contributed by atoms with Gasteiger partial charge in [-0.15, -0.1) is 0 Å². The van der Waals surface area contributed by atoms with Crippen LogP contribution in [0.3, 0.4) is 0 Å². The van der Waals surface area contributed by atoms with Crippen LogP contribution in [0.25, 0.3) is 27.5 Å². The Bertz CT molecular complexity index is 1360. The number of carbonyl (C=O) groups excluding carboxylic acids is 1. The molecule has 2 aliphatic carbocycles. The lowest BCUT2D eigenvalue weighted by Crippen LogP contribution is -2.46. The number of carbonyl (C=O) groups is 1. The summed E-state index contributed by atoms with van der Waals surface area (Å²) in [7, 11) is 0. The highest BCUT2D eigenvalue weighted by Crippen LogP contribution is 2.51. The van der Waals surface area contributed by atoms with Crippen LogP contribution in [0.5, 0.6) is 0 Å². The molecule has 0 amide bonds. The second kappa shape index (κ2) is 7.70. The minimum atomic E-state index is -0.574. The van der Waals surface area contributed by atoms with Crippen molar-refractivity contribution >= 4 is 5.78 Å². The standard InChI is InChI=1S/C27H23FN4O/c1-15-13-18(11-12-30-15)26-31-23(17-5-7-19(28)8-6-17)20-9-10-21-16(2)24(33)22(29-4)14-27(21,3)25(20)32-26/h5-8,11-14,16,21H,9-10H2,1-3H3/t16-,21-,27-/m1/s1. The number of benzene rings is 1. The number of hydrogen-bond donors (Lipinski definition) is 0. The van der Waals surface area contributed by atoms with Crippen molar-refractivity contribution in [2.45, 2.75) is 39.0 Å². The number of ketones is 1. The van der Waals surface area contributed by atoms with E-state index in [0.29, 0.717) is 5.82 Å². The lowest BCUT2D eigenvalue weighted by atomic mass is 9.58. The van der Waals surface area contributed by atoms with E-state index in [4.69, 9.17) is 16.5 Å². The van der Waals surface area contributed by atoms with Crippen LogP contribution in [0, 0.1) is 31.1 Å². The van der Waals surface area contributed by atoms with Crippen molar-refractivity contribution in [3.8, 4) is 22.6 Å². The van der Waals surface area contributed by atoms with Gasteiger partial charge in [0.05, 0.1) is 18.0 Å². The molecule has 0 saturated heterocycles. The predicted molar refractivity (Wildman–Crippen MR) is 123 cm³/mol. The van der Waals surface area contributed by atoms with Crippen molar-refractivity contribution < 1.29 is 9.18 Å². The lowest BCUT2D eigenvalue weighted by Gasteiger charge is -2.46. The summed E-state index contributed by atoms with van der Waals surface area (Å²) in [5.41, 5.74) is 4.73. The Kier molecular flexibility index (Phi) is 4.93. The molecular formula is C27H23FN4O. The maximum Gasteiger partial charge on any atom is 0.226 e. The number of fused-ring (bicyclic) bond motifs is 3. The summed E-state index contributed by atoms with van der Waals surface area (Å²) in [5, 5.41) is 0. The molecule has 0 N–H and O–H groups in total. The van der Waals surface area contributed by atoms with Crippen LogP contribution in [0.15, 0.2) is 54.4 Å². The van der Waals surface area contributed by atoms with E-state index in [-0.39, 0.29) is 29.1 Å². The maximum absolute atomic E-state index is 13.7. The van der Waals surface area contributed by atoms with E-state index in [1.807, 2.05) is 32.1 Å². The van der Waals surface area contributed by atoms with Crippen molar-refractivity contribution in [1.82, 2.24) is 15.0 Å². The van der Waals surface area contributed by atoms with E-state index in [0.717, 1.165) is 46.6 Å². The van der Waals surface area contributed by atoms with Gasteiger partial charge < -0.3 is 4.79 Å². The summed E-state index contributed by atoms with van der Waals surface area (Å²) < 4.78 is 13.7. The first-order valence-electron chi connectivity index (χ1n) is 11.1. The second-order valence-electron chi connectivity index (χ2n) is 9.14. The smallest absolute Gasteiger partial charge is 0.226 e. The molecule has 0 fully saturated rings. The summed E-state index contributed by atoms with van der Waals surface area (Å²) in [6, 6.07) is 10.2. The number of aryl methyl sites for hydroxylation is 1. The molecule has 2 aromatic heterocycles. The van der Waals surface area contributed by atoms with Gasteiger partial charge in [0.1, 0.15) is 5.82 Å². The number of nitrogens with zero attached hydrogens (tertiary/aromatic N) is 4. The zero-order valence-electron chi connectivity index (χ0n) is 18.8. The molecule has 0 spiro atoms. The molecule has 33 heavy (non-hydrogen) atoms. The molecule has 2 heterocycles. The van der Waals surface area contributed by atoms with E-state index in [9.17, 15) is 9.18 Å². The number of allylic oxidation sites excluding steroid dienone is 2. The number of pyridine rings is 1. The summed E-state index contributed by atoms with van der Waals surface area (Å²) in [6.07, 6.45) is 5.06. The van der Waals surface area contributed by atoms with Crippen molar-refractivity contribution in [3.63, 3.8) is 0 Å². The molecule has 0 unspecified atom stereocenters. The molecule has 2 aliphatic rings. The zero-order valence-corrected chi connectivity index (χ0v) is 18.8. The topological polar surface area (TPSA) is 60.1 Å². The van der Waals surface area contributed by atoms with Gasteiger partial charge in [-0.25, -0.2) is 19.2 Å². The first kappa shape index (κ1) is 21.1. The molecule has 0 aliphatic heterocycles. The zero-order chi connectivity index (χ0) is 23.3. The van der Waals surface area contributed by atoms with Crippen LogP contribution >= 0.6 is 0 Å². The van der Waals surface area contributed by atoms with Crippen molar-refractivity contribution in [3.05, 3.63) is 88.6 Å². The Balaban J connectivity index is 1.81. The summed E-state index contributed by atoms with van der Waals surface area (Å²) in [4.78, 5) is 30.5. The highest BCUT2D eigenvalue weighted by atomic mass is 19.1. The quantitative estimate of drug-likeness (QED) is 0.496. The fraction of sp³-hybridized carbons (Fsp3) is 0.296. The first-order valence-corrected chi connectivity index (χ1v) is 11.1. The number of hydrogen-bond acceptors (Lipinski definition) is 4. The van der Waals surface area contributed by atoms with E-state index in [2.05, 4.69) is 16.8 Å². The van der Waals surface area contributed by atoms with Crippen molar-refractivity contribution in [2.24, 2.45) is 11.8 Å². The highest BCUT2D eigenvalue weighted by Gasteiger charge is 2.49. The number of halogens is 1. The van der Waals surface area contributed by atoms with Crippen LogP contribution in [-0.4, -0.2) is 20.7 Å². The number of Topliss-reactive ketones (excluding diaryl/α,β-unsaturated/α-hetero) is 1. The number of rotatable bonds is 2. The predicted octanol–water partition coefficient (Wildman–Crippen LogP) is 5.50. The Morgan fingerprint density at radius 1 is 1.15 bits per heavy atom. The molecule has 164 valence electrons. The third-order valence-electron chi connectivity index (χ3n) is 7.09. The third kappa shape index (κ3) is 3.36. The summed E-state index contributed by atoms with van der Waals surface area (Å²) in [6.45, 7) is 13.5. The molecule has 1 aromatic carbocycles. The van der Waals surface area contributed by atoms with Crippen LogP contribution in [-0.2, 0) is 16.6 Å². The van der Waals surface area contributed by atoms with Crippen LogP contribution < -0.4 is 0 Å². The van der Waals surface area contributed by atoms with E-state index >= 15 is 0 Å². The molecule has 0 saturated carbocycles. The number of aromatic nitrogens is 3. The first-order chi connectivity index (χ1) is 15.8. The van der Waals surface area contributed by atoms with Gasteiger partial charge in [0.15, 0.2) is 11.6 Å². The third-order valence-corrected chi connectivity index (χ3v) is 7.09. The molecule has 3 atom stereocenters. The van der Waals surface area contributed by atoms with E-state index < -0.39 is 5.41 Å². The van der Waals surface area contributed by atoms with Gasteiger partial charge >= 0.3 is 0 Å². The Labute approximate surface area is 192 Å². The molecular weight excluding hydrogens is 415 g/mol. The molecule has 5 nitrogen and oxygen atoms in total. The normalized spacial score (nSPS) is 23.8. The van der Waals surface area contributed by atoms with Gasteiger partial charge in [-0.3, -0.25) is 4.98 Å².